The van der Waals surface area contributed by atoms with E-state index >= 15 is 0 Å². The molecule has 0 unspecified atom stereocenters. The average Bonchev–Trinajstić information content (AvgIpc) is 2.84. The maximum atomic E-state index is 13.6. The summed E-state index contributed by atoms with van der Waals surface area (Å²) >= 11 is 3.12. The van der Waals surface area contributed by atoms with Gasteiger partial charge in [-0.3, -0.25) is 4.79 Å². The van der Waals surface area contributed by atoms with Crippen LogP contribution in [0.4, 0.5) is 4.39 Å². The van der Waals surface area contributed by atoms with Gasteiger partial charge in [-0.2, -0.15) is 10.4 Å². The van der Waals surface area contributed by atoms with Gasteiger partial charge in [0.15, 0.2) is 4.67 Å². The number of carbonyl (C=O) groups excluding carboxylic acids is 1. The number of amides is 1. The normalized spacial score (nSPS) is 10.4. The number of nitriles is 1. The van der Waals surface area contributed by atoms with Gasteiger partial charge in [0.25, 0.3) is 5.91 Å². The molecule has 2 aromatic rings. The van der Waals surface area contributed by atoms with Gasteiger partial charge in [0.05, 0.1) is 23.4 Å². The number of hydrogen-bond donors (Lipinski definition) is 1. The van der Waals surface area contributed by atoms with Gasteiger partial charge in [-0.25, -0.2) is 9.82 Å². The van der Waals surface area contributed by atoms with Crippen LogP contribution in [0.2, 0.25) is 0 Å². The summed E-state index contributed by atoms with van der Waals surface area (Å²) in [6.45, 7) is 0. The molecule has 0 bridgehead atoms. The Balaban J connectivity index is 2.05. The fourth-order valence-corrected chi connectivity index (χ4v) is 1.70. The molecule has 1 aromatic carbocycles. The molecule has 0 spiro atoms. The summed E-state index contributed by atoms with van der Waals surface area (Å²) in [6, 6.07) is 8.66. The molecule has 0 atom stereocenters. The zero-order chi connectivity index (χ0) is 14.5. The summed E-state index contributed by atoms with van der Waals surface area (Å²) < 4.78 is 19.2. The van der Waals surface area contributed by atoms with Crippen molar-refractivity contribution in [3.63, 3.8) is 0 Å². The lowest BCUT2D eigenvalue weighted by Crippen LogP contribution is -2.19. The molecule has 1 amide bonds. The van der Waals surface area contributed by atoms with E-state index in [0.717, 1.165) is 6.07 Å². The molecule has 0 aliphatic carbocycles. The van der Waals surface area contributed by atoms with E-state index in [2.05, 4.69) is 26.5 Å². The Hall–Kier alpha value is -2.46. The third-order valence-corrected chi connectivity index (χ3v) is 2.72. The Morgan fingerprint density at radius 1 is 1.45 bits per heavy atom. The highest BCUT2D eigenvalue weighted by atomic mass is 79.9. The standard InChI is InChI=1S/C13H7BrFN3O2/c14-12-4-2-9(20-12)7-17-18-13(19)10-3-1-8(6-16)5-11(10)15/h1-5,7H,(H,18,19). The van der Waals surface area contributed by atoms with E-state index < -0.39 is 11.7 Å². The van der Waals surface area contributed by atoms with E-state index in [1.807, 2.05) is 0 Å². The van der Waals surface area contributed by atoms with Crippen molar-refractivity contribution in [3.05, 3.63) is 57.7 Å². The third kappa shape index (κ3) is 3.30. The van der Waals surface area contributed by atoms with Crippen LogP contribution in [0.25, 0.3) is 0 Å². The van der Waals surface area contributed by atoms with Crippen LogP contribution in [0.1, 0.15) is 21.7 Å². The molecule has 1 heterocycles. The highest BCUT2D eigenvalue weighted by Crippen LogP contribution is 2.12. The first kappa shape index (κ1) is 14.0. The minimum Gasteiger partial charge on any atom is -0.448 e. The predicted molar refractivity (Wildman–Crippen MR) is 72.6 cm³/mol. The first-order chi connectivity index (χ1) is 9.60. The Morgan fingerprint density at radius 2 is 2.25 bits per heavy atom. The molecule has 0 fully saturated rings. The smallest absolute Gasteiger partial charge is 0.274 e. The van der Waals surface area contributed by atoms with E-state index in [-0.39, 0.29) is 11.1 Å². The van der Waals surface area contributed by atoms with E-state index in [9.17, 15) is 9.18 Å². The molecule has 0 aliphatic heterocycles. The number of carbonyl (C=O) groups is 1. The Kier molecular flexibility index (Phi) is 4.27. The summed E-state index contributed by atoms with van der Waals surface area (Å²) in [7, 11) is 0. The predicted octanol–water partition coefficient (Wildman–Crippen LogP) is 2.82. The highest BCUT2D eigenvalue weighted by Gasteiger charge is 2.11. The molecule has 5 nitrogen and oxygen atoms in total. The summed E-state index contributed by atoms with van der Waals surface area (Å²) in [5, 5.41) is 12.3. The number of hydrazone groups is 1. The monoisotopic (exact) mass is 335 g/mol. The molecular formula is C13H7BrFN3O2. The van der Waals surface area contributed by atoms with Gasteiger partial charge in [-0.05, 0) is 46.3 Å². The lowest BCUT2D eigenvalue weighted by Gasteiger charge is -2.01. The minimum atomic E-state index is -0.780. The van der Waals surface area contributed by atoms with Crippen LogP contribution in [0.3, 0.4) is 0 Å². The van der Waals surface area contributed by atoms with Crippen LogP contribution >= 0.6 is 15.9 Å². The van der Waals surface area contributed by atoms with Gasteiger partial charge in [0.1, 0.15) is 11.6 Å². The number of hydrogen-bond acceptors (Lipinski definition) is 4. The van der Waals surface area contributed by atoms with Crippen LogP contribution in [0, 0.1) is 17.1 Å². The van der Waals surface area contributed by atoms with Crippen molar-refractivity contribution in [2.24, 2.45) is 5.10 Å². The van der Waals surface area contributed by atoms with Crippen LogP contribution in [0.5, 0.6) is 0 Å². The zero-order valence-electron chi connectivity index (χ0n) is 9.93. The molecule has 0 aliphatic rings. The first-order valence-electron chi connectivity index (χ1n) is 5.38. The second-order valence-electron chi connectivity index (χ2n) is 3.65. The Bertz CT molecular complexity index is 719. The molecule has 0 saturated carbocycles. The van der Waals surface area contributed by atoms with Crippen molar-refractivity contribution < 1.29 is 13.6 Å². The van der Waals surface area contributed by atoms with Crippen molar-refractivity contribution in [3.8, 4) is 6.07 Å². The lowest BCUT2D eigenvalue weighted by molar-refractivity contribution is 0.0951. The average molecular weight is 336 g/mol. The van der Waals surface area contributed by atoms with Crippen LogP contribution in [0.15, 0.2) is 44.5 Å². The van der Waals surface area contributed by atoms with Gasteiger partial charge in [0, 0.05) is 0 Å². The fraction of sp³-hybridized carbons (Fsp3) is 0. The van der Waals surface area contributed by atoms with Gasteiger partial charge in [-0.1, -0.05) is 0 Å². The molecule has 100 valence electrons. The topological polar surface area (TPSA) is 78.4 Å². The van der Waals surface area contributed by atoms with Crippen molar-refractivity contribution in [2.45, 2.75) is 0 Å². The van der Waals surface area contributed by atoms with Gasteiger partial charge >= 0.3 is 0 Å². The molecule has 20 heavy (non-hydrogen) atoms. The number of halogens is 2. The molecule has 2 rings (SSSR count). The Morgan fingerprint density at radius 3 is 2.85 bits per heavy atom. The molecule has 0 radical (unpaired) electrons. The maximum Gasteiger partial charge on any atom is 0.274 e. The van der Waals surface area contributed by atoms with Crippen molar-refractivity contribution in [1.82, 2.24) is 5.43 Å². The quantitative estimate of drug-likeness (QED) is 0.691. The van der Waals surface area contributed by atoms with Gasteiger partial charge in [-0.15, -0.1) is 0 Å². The van der Waals surface area contributed by atoms with Crippen LogP contribution in [-0.2, 0) is 0 Å². The number of furan rings is 1. The fourth-order valence-electron chi connectivity index (χ4n) is 1.38. The molecular weight excluding hydrogens is 329 g/mol. The minimum absolute atomic E-state index is 0.142. The third-order valence-electron chi connectivity index (χ3n) is 2.29. The largest absolute Gasteiger partial charge is 0.448 e. The van der Waals surface area contributed by atoms with E-state index in [1.54, 1.807) is 18.2 Å². The number of benzene rings is 1. The maximum absolute atomic E-state index is 13.6. The summed E-state index contributed by atoms with van der Waals surface area (Å²) in [5.74, 6) is -1.07. The first-order valence-corrected chi connectivity index (χ1v) is 6.18. The lowest BCUT2D eigenvalue weighted by atomic mass is 10.1. The van der Waals surface area contributed by atoms with E-state index in [0.29, 0.717) is 10.4 Å². The van der Waals surface area contributed by atoms with Crippen molar-refractivity contribution in [1.29, 1.82) is 5.26 Å². The molecule has 1 N–H and O–H groups in total. The molecule has 7 heteroatoms. The molecule has 0 saturated heterocycles. The molecule has 1 aromatic heterocycles. The number of nitrogens with zero attached hydrogens (tertiary/aromatic N) is 2. The summed E-state index contributed by atoms with van der Waals surface area (Å²) in [4.78, 5) is 11.7. The van der Waals surface area contributed by atoms with Crippen LogP contribution in [-0.4, -0.2) is 12.1 Å². The second kappa shape index (κ2) is 6.12. The van der Waals surface area contributed by atoms with Crippen molar-refractivity contribution in [2.75, 3.05) is 0 Å². The van der Waals surface area contributed by atoms with Crippen LogP contribution < -0.4 is 5.43 Å². The van der Waals surface area contributed by atoms with Gasteiger partial charge < -0.3 is 4.42 Å². The number of rotatable bonds is 3. The highest BCUT2D eigenvalue weighted by molar-refractivity contribution is 9.10. The van der Waals surface area contributed by atoms with E-state index in [1.165, 1.54) is 18.3 Å². The number of nitrogens with one attached hydrogen (secondary N) is 1. The zero-order valence-corrected chi connectivity index (χ0v) is 11.5. The van der Waals surface area contributed by atoms with Crippen molar-refractivity contribution >= 4 is 28.1 Å². The van der Waals surface area contributed by atoms with Gasteiger partial charge in [0.2, 0.25) is 0 Å². The summed E-state index contributed by atoms with van der Waals surface area (Å²) in [6.07, 6.45) is 1.28. The second-order valence-corrected chi connectivity index (χ2v) is 4.43. The SMILES string of the molecule is N#Cc1ccc(C(=O)NN=Cc2ccc(Br)o2)c(F)c1. The summed E-state index contributed by atoms with van der Waals surface area (Å²) in [5.41, 5.74) is 2.12. The van der Waals surface area contributed by atoms with E-state index in [4.69, 9.17) is 9.68 Å². The Labute approximate surface area is 121 Å².